The molecule has 114 valence electrons. The fraction of sp³-hybridized carbons (Fsp3) is 0.727. The highest BCUT2D eigenvalue weighted by atomic mass is 16.5. The van der Waals surface area contributed by atoms with Crippen LogP contribution in [0.3, 0.4) is 0 Å². The third-order valence-corrected chi connectivity index (χ3v) is 2.25. The summed E-state index contributed by atoms with van der Waals surface area (Å²) in [5.41, 5.74) is 11.0. The van der Waals surface area contributed by atoms with E-state index in [-0.39, 0.29) is 24.6 Å². The smallest absolute Gasteiger partial charge is 0.225 e. The average molecular weight is 287 g/mol. The van der Waals surface area contributed by atoms with Crippen molar-refractivity contribution in [2.75, 3.05) is 51.1 Å². The standard InChI is InChI=1S/C11H21N5O4/c1-8(9-14-10(12)16-11(13)15-9)20-7-6-19-5-4-18-3-2-17/h8,17H,2-7H2,1H3,(H4,12,13,14,15,16). The molecule has 0 fully saturated rings. The molecule has 1 atom stereocenters. The van der Waals surface area contributed by atoms with Crippen molar-refractivity contribution in [3.05, 3.63) is 5.82 Å². The monoisotopic (exact) mass is 287 g/mol. The van der Waals surface area contributed by atoms with E-state index in [1.165, 1.54) is 0 Å². The molecule has 0 amide bonds. The van der Waals surface area contributed by atoms with Crippen molar-refractivity contribution < 1.29 is 19.3 Å². The minimum absolute atomic E-state index is 0.0127. The molecular formula is C11H21N5O4. The number of anilines is 2. The van der Waals surface area contributed by atoms with Gasteiger partial charge in [-0.3, -0.25) is 0 Å². The summed E-state index contributed by atoms with van der Waals surface area (Å²) < 4.78 is 15.8. The van der Waals surface area contributed by atoms with E-state index in [0.29, 0.717) is 38.9 Å². The van der Waals surface area contributed by atoms with Crippen LogP contribution in [0.25, 0.3) is 0 Å². The predicted molar refractivity (Wildman–Crippen MR) is 71.7 cm³/mol. The molecule has 0 aliphatic heterocycles. The van der Waals surface area contributed by atoms with Gasteiger partial charge in [-0.1, -0.05) is 0 Å². The fourth-order valence-electron chi connectivity index (χ4n) is 1.35. The van der Waals surface area contributed by atoms with Crippen LogP contribution in [0, 0.1) is 0 Å². The van der Waals surface area contributed by atoms with Crippen molar-refractivity contribution in [2.24, 2.45) is 0 Å². The number of nitrogens with two attached hydrogens (primary N) is 2. The number of nitrogen functional groups attached to an aromatic ring is 2. The normalized spacial score (nSPS) is 12.5. The number of aromatic nitrogens is 3. The average Bonchev–Trinajstić information content (AvgIpc) is 2.40. The molecule has 0 aliphatic carbocycles. The van der Waals surface area contributed by atoms with Crippen molar-refractivity contribution in [3.8, 4) is 0 Å². The maximum Gasteiger partial charge on any atom is 0.225 e. The Bertz CT molecular complexity index is 373. The summed E-state index contributed by atoms with van der Waals surface area (Å²) >= 11 is 0. The van der Waals surface area contributed by atoms with Gasteiger partial charge in [0.15, 0.2) is 5.82 Å². The molecule has 0 saturated carbocycles. The first-order valence-corrected chi connectivity index (χ1v) is 6.28. The van der Waals surface area contributed by atoms with Crippen LogP contribution in [0.1, 0.15) is 18.9 Å². The van der Waals surface area contributed by atoms with E-state index in [2.05, 4.69) is 15.0 Å². The molecule has 9 heteroatoms. The van der Waals surface area contributed by atoms with Gasteiger partial charge >= 0.3 is 0 Å². The molecule has 1 rings (SSSR count). The molecule has 0 spiro atoms. The second-order valence-corrected chi connectivity index (χ2v) is 3.87. The highest BCUT2D eigenvalue weighted by Crippen LogP contribution is 2.13. The van der Waals surface area contributed by atoms with Crippen molar-refractivity contribution >= 4 is 11.9 Å². The molecule has 0 aromatic carbocycles. The maximum atomic E-state index is 8.50. The van der Waals surface area contributed by atoms with Crippen LogP contribution in [0.4, 0.5) is 11.9 Å². The van der Waals surface area contributed by atoms with Crippen molar-refractivity contribution in [1.82, 2.24) is 15.0 Å². The molecule has 1 heterocycles. The van der Waals surface area contributed by atoms with Crippen LogP contribution in [-0.2, 0) is 14.2 Å². The number of hydrogen-bond donors (Lipinski definition) is 3. The Hall–Kier alpha value is -1.55. The molecule has 0 radical (unpaired) electrons. The van der Waals surface area contributed by atoms with Crippen LogP contribution in [0.2, 0.25) is 0 Å². The first kappa shape index (κ1) is 16.5. The lowest BCUT2D eigenvalue weighted by Gasteiger charge is -2.12. The van der Waals surface area contributed by atoms with Crippen LogP contribution < -0.4 is 11.5 Å². The number of hydrogen-bond acceptors (Lipinski definition) is 9. The van der Waals surface area contributed by atoms with E-state index in [0.717, 1.165) is 0 Å². The second-order valence-electron chi connectivity index (χ2n) is 3.87. The van der Waals surface area contributed by atoms with E-state index < -0.39 is 0 Å². The largest absolute Gasteiger partial charge is 0.394 e. The van der Waals surface area contributed by atoms with Gasteiger partial charge in [-0.25, -0.2) is 0 Å². The number of rotatable bonds is 10. The van der Waals surface area contributed by atoms with Gasteiger partial charge in [-0.15, -0.1) is 0 Å². The molecule has 1 aromatic heterocycles. The van der Waals surface area contributed by atoms with E-state index >= 15 is 0 Å². The molecular weight excluding hydrogens is 266 g/mol. The topological polar surface area (TPSA) is 139 Å². The van der Waals surface area contributed by atoms with Gasteiger partial charge in [0.1, 0.15) is 6.10 Å². The number of ether oxygens (including phenoxy) is 3. The lowest BCUT2D eigenvalue weighted by molar-refractivity contribution is -0.0124. The third kappa shape index (κ3) is 6.57. The lowest BCUT2D eigenvalue weighted by Crippen LogP contribution is -2.14. The molecule has 20 heavy (non-hydrogen) atoms. The molecule has 0 bridgehead atoms. The van der Waals surface area contributed by atoms with Crippen molar-refractivity contribution in [2.45, 2.75) is 13.0 Å². The molecule has 1 aromatic rings. The molecule has 1 unspecified atom stereocenters. The van der Waals surface area contributed by atoms with E-state index in [9.17, 15) is 0 Å². The van der Waals surface area contributed by atoms with Crippen molar-refractivity contribution in [1.29, 1.82) is 0 Å². The van der Waals surface area contributed by atoms with Gasteiger partial charge in [-0.2, -0.15) is 15.0 Å². The van der Waals surface area contributed by atoms with E-state index in [4.69, 9.17) is 30.8 Å². The zero-order valence-corrected chi connectivity index (χ0v) is 11.5. The minimum Gasteiger partial charge on any atom is -0.394 e. The summed E-state index contributed by atoms with van der Waals surface area (Å²) in [6.45, 7) is 3.81. The van der Waals surface area contributed by atoms with Crippen LogP contribution in [0.5, 0.6) is 0 Å². The third-order valence-electron chi connectivity index (χ3n) is 2.25. The van der Waals surface area contributed by atoms with Gasteiger partial charge in [-0.05, 0) is 6.92 Å². The predicted octanol–water partition coefficient (Wildman–Crippen LogP) is -0.861. The van der Waals surface area contributed by atoms with Gasteiger partial charge in [0.05, 0.1) is 39.6 Å². The molecule has 0 saturated heterocycles. The highest BCUT2D eigenvalue weighted by Gasteiger charge is 2.11. The van der Waals surface area contributed by atoms with Gasteiger partial charge in [0, 0.05) is 0 Å². The van der Waals surface area contributed by atoms with Gasteiger partial charge in [0.25, 0.3) is 0 Å². The summed E-state index contributed by atoms with van der Waals surface area (Å²) in [6, 6.07) is 0. The summed E-state index contributed by atoms with van der Waals surface area (Å²) in [4.78, 5) is 11.6. The van der Waals surface area contributed by atoms with Crippen LogP contribution >= 0.6 is 0 Å². The first-order chi connectivity index (χ1) is 9.63. The summed E-state index contributed by atoms with van der Waals surface area (Å²) in [5, 5.41) is 8.50. The maximum absolute atomic E-state index is 8.50. The molecule has 9 nitrogen and oxygen atoms in total. The first-order valence-electron chi connectivity index (χ1n) is 6.28. The van der Waals surface area contributed by atoms with E-state index in [1.54, 1.807) is 6.92 Å². The van der Waals surface area contributed by atoms with Crippen LogP contribution in [0.15, 0.2) is 0 Å². The number of aliphatic hydroxyl groups is 1. The minimum atomic E-state index is -0.350. The van der Waals surface area contributed by atoms with Gasteiger partial charge < -0.3 is 30.8 Å². The summed E-state index contributed by atoms with van der Waals surface area (Å²) in [6.07, 6.45) is -0.350. The Kier molecular flexibility index (Phi) is 7.73. The number of aliphatic hydroxyl groups excluding tert-OH is 1. The lowest BCUT2D eigenvalue weighted by atomic mass is 10.4. The summed E-state index contributed by atoms with van der Waals surface area (Å²) in [5.74, 6) is 0.529. The SMILES string of the molecule is CC(OCCOCCOCCO)c1nc(N)nc(N)n1. The molecule has 5 N–H and O–H groups in total. The fourth-order valence-corrected chi connectivity index (χ4v) is 1.35. The quantitative estimate of drug-likeness (QED) is 0.469. The number of nitrogens with zero attached hydrogens (tertiary/aromatic N) is 3. The highest BCUT2D eigenvalue weighted by molar-refractivity contribution is 5.26. The Labute approximate surface area is 117 Å². The zero-order chi connectivity index (χ0) is 14.8. The second kappa shape index (κ2) is 9.37. The Morgan fingerprint density at radius 1 is 0.950 bits per heavy atom. The molecule has 0 aliphatic rings. The zero-order valence-electron chi connectivity index (χ0n) is 11.5. The van der Waals surface area contributed by atoms with Gasteiger partial charge in [0.2, 0.25) is 11.9 Å². The summed E-state index contributed by atoms with van der Waals surface area (Å²) in [7, 11) is 0. The van der Waals surface area contributed by atoms with Crippen molar-refractivity contribution in [3.63, 3.8) is 0 Å². The van der Waals surface area contributed by atoms with E-state index in [1.807, 2.05) is 0 Å². The Morgan fingerprint density at radius 3 is 2.10 bits per heavy atom. The Morgan fingerprint density at radius 2 is 1.50 bits per heavy atom. The van der Waals surface area contributed by atoms with Crippen LogP contribution in [-0.4, -0.2) is 59.7 Å². The Balaban J connectivity index is 2.15.